The number of nitrogens with one attached hydrogen (secondary N) is 1. The van der Waals surface area contributed by atoms with Crippen molar-refractivity contribution in [1.29, 1.82) is 0 Å². The molecule has 0 spiro atoms. The molecule has 6 heteroatoms. The highest BCUT2D eigenvalue weighted by atomic mass is 16.5. The lowest BCUT2D eigenvalue weighted by molar-refractivity contribution is -0.121. The molecule has 2 aromatic carbocycles. The van der Waals surface area contributed by atoms with Gasteiger partial charge in [0.05, 0.1) is 17.9 Å². The molecule has 0 saturated heterocycles. The lowest BCUT2D eigenvalue weighted by Crippen LogP contribution is -2.38. The van der Waals surface area contributed by atoms with Crippen LogP contribution < -0.4 is 19.7 Å². The predicted octanol–water partition coefficient (Wildman–Crippen LogP) is 3.25. The third-order valence-electron chi connectivity index (χ3n) is 3.90. The first-order valence-electron chi connectivity index (χ1n) is 8.35. The fraction of sp³-hybridized carbons (Fsp3) is 0.200. The van der Waals surface area contributed by atoms with E-state index in [4.69, 9.17) is 9.47 Å². The number of hydrogen-bond acceptors (Lipinski definition) is 4. The van der Waals surface area contributed by atoms with Gasteiger partial charge in [0.15, 0.2) is 6.61 Å². The van der Waals surface area contributed by atoms with Crippen molar-refractivity contribution in [2.75, 3.05) is 30.0 Å². The average molecular weight is 352 g/mol. The number of carbonyl (C=O) groups excluding carboxylic acids is 2. The van der Waals surface area contributed by atoms with Crippen LogP contribution >= 0.6 is 0 Å². The number of hydrogen-bond donors (Lipinski definition) is 1. The molecular formula is C20H20N2O4. The number of nitrogens with zero attached hydrogens (tertiary/aromatic N) is 1. The monoisotopic (exact) mass is 352 g/mol. The van der Waals surface area contributed by atoms with E-state index in [1.54, 1.807) is 47.4 Å². The SMILES string of the molecule is C=CCN1C(=O)COc2ccc(NC(=O)c3ccccc3OCC)cc21. The summed E-state index contributed by atoms with van der Waals surface area (Å²) in [5.41, 5.74) is 1.62. The van der Waals surface area contributed by atoms with Gasteiger partial charge >= 0.3 is 0 Å². The second-order valence-corrected chi connectivity index (χ2v) is 5.65. The summed E-state index contributed by atoms with van der Waals surface area (Å²) in [6, 6.07) is 12.2. The van der Waals surface area contributed by atoms with E-state index in [1.807, 2.05) is 13.0 Å². The van der Waals surface area contributed by atoms with Gasteiger partial charge in [0.25, 0.3) is 11.8 Å². The van der Waals surface area contributed by atoms with Crippen LogP contribution in [0.25, 0.3) is 0 Å². The summed E-state index contributed by atoms with van der Waals surface area (Å²) in [7, 11) is 0. The summed E-state index contributed by atoms with van der Waals surface area (Å²) < 4.78 is 11.0. The Balaban J connectivity index is 1.86. The van der Waals surface area contributed by atoms with Gasteiger partial charge in [-0.05, 0) is 37.3 Å². The molecule has 1 aliphatic heterocycles. The summed E-state index contributed by atoms with van der Waals surface area (Å²) in [4.78, 5) is 26.3. The zero-order chi connectivity index (χ0) is 18.5. The van der Waals surface area contributed by atoms with E-state index in [0.717, 1.165) is 0 Å². The molecule has 0 saturated carbocycles. The fourth-order valence-corrected chi connectivity index (χ4v) is 2.74. The maximum absolute atomic E-state index is 12.6. The van der Waals surface area contributed by atoms with Crippen molar-refractivity contribution < 1.29 is 19.1 Å². The van der Waals surface area contributed by atoms with E-state index in [0.29, 0.717) is 41.6 Å². The third kappa shape index (κ3) is 3.54. The smallest absolute Gasteiger partial charge is 0.265 e. The molecule has 1 heterocycles. The van der Waals surface area contributed by atoms with Crippen molar-refractivity contribution in [2.24, 2.45) is 0 Å². The molecule has 2 amide bonds. The first-order chi connectivity index (χ1) is 12.6. The summed E-state index contributed by atoms with van der Waals surface area (Å²) in [6.07, 6.45) is 1.65. The molecule has 3 rings (SSSR count). The van der Waals surface area contributed by atoms with Gasteiger partial charge in [0.2, 0.25) is 0 Å². The number of carbonyl (C=O) groups is 2. The topological polar surface area (TPSA) is 67.9 Å². The third-order valence-corrected chi connectivity index (χ3v) is 3.90. The van der Waals surface area contributed by atoms with Crippen molar-refractivity contribution in [3.63, 3.8) is 0 Å². The van der Waals surface area contributed by atoms with E-state index in [-0.39, 0.29) is 18.4 Å². The van der Waals surface area contributed by atoms with E-state index >= 15 is 0 Å². The highest BCUT2D eigenvalue weighted by Gasteiger charge is 2.25. The van der Waals surface area contributed by atoms with Crippen LogP contribution in [0.3, 0.4) is 0 Å². The van der Waals surface area contributed by atoms with Gasteiger partial charge in [0, 0.05) is 12.2 Å². The molecule has 1 N–H and O–H groups in total. The molecule has 0 unspecified atom stereocenters. The Morgan fingerprint density at radius 2 is 2.15 bits per heavy atom. The lowest BCUT2D eigenvalue weighted by atomic mass is 10.1. The Hall–Kier alpha value is -3.28. The van der Waals surface area contributed by atoms with Gasteiger partial charge in [-0.25, -0.2) is 0 Å². The van der Waals surface area contributed by atoms with Crippen molar-refractivity contribution >= 4 is 23.2 Å². The molecular weight excluding hydrogens is 332 g/mol. The number of anilines is 2. The normalized spacial score (nSPS) is 12.8. The first-order valence-corrected chi connectivity index (χ1v) is 8.35. The molecule has 6 nitrogen and oxygen atoms in total. The molecule has 1 aliphatic rings. The Morgan fingerprint density at radius 3 is 2.92 bits per heavy atom. The van der Waals surface area contributed by atoms with E-state index in [2.05, 4.69) is 11.9 Å². The quantitative estimate of drug-likeness (QED) is 0.811. The van der Waals surface area contributed by atoms with Gasteiger partial charge in [-0.15, -0.1) is 6.58 Å². The highest BCUT2D eigenvalue weighted by molar-refractivity contribution is 6.07. The summed E-state index contributed by atoms with van der Waals surface area (Å²) in [5, 5.41) is 2.85. The van der Waals surface area contributed by atoms with E-state index < -0.39 is 0 Å². The second kappa shape index (κ2) is 7.74. The van der Waals surface area contributed by atoms with Gasteiger partial charge in [0.1, 0.15) is 11.5 Å². The van der Waals surface area contributed by atoms with Crippen LogP contribution in [0.2, 0.25) is 0 Å². The van der Waals surface area contributed by atoms with Crippen LogP contribution in [0.15, 0.2) is 55.1 Å². The van der Waals surface area contributed by atoms with Gasteiger partial charge < -0.3 is 19.7 Å². The number of fused-ring (bicyclic) bond motifs is 1. The number of para-hydroxylation sites is 1. The van der Waals surface area contributed by atoms with Crippen molar-refractivity contribution in [2.45, 2.75) is 6.92 Å². The molecule has 0 aromatic heterocycles. The first kappa shape index (κ1) is 17.5. The van der Waals surface area contributed by atoms with E-state index in [1.165, 1.54) is 0 Å². The standard InChI is InChI=1S/C20H20N2O4/c1-3-11-22-16-12-14(9-10-18(16)26-13-19(22)23)21-20(24)15-7-5-6-8-17(15)25-4-2/h3,5-10,12H,1,4,11,13H2,2H3,(H,21,24). The Bertz CT molecular complexity index is 847. The lowest BCUT2D eigenvalue weighted by Gasteiger charge is -2.28. The molecule has 2 aromatic rings. The van der Waals surface area contributed by atoms with Crippen LogP contribution in [0, 0.1) is 0 Å². The van der Waals surface area contributed by atoms with Gasteiger partial charge in [-0.3, -0.25) is 9.59 Å². The van der Waals surface area contributed by atoms with Crippen molar-refractivity contribution in [3.8, 4) is 11.5 Å². The molecule has 0 aliphatic carbocycles. The van der Waals surface area contributed by atoms with Crippen LogP contribution in [-0.4, -0.2) is 31.6 Å². The minimum Gasteiger partial charge on any atom is -0.493 e. The highest BCUT2D eigenvalue weighted by Crippen LogP contribution is 2.34. The number of benzene rings is 2. The van der Waals surface area contributed by atoms with E-state index in [9.17, 15) is 9.59 Å². The Kier molecular flexibility index (Phi) is 5.22. The van der Waals surface area contributed by atoms with Crippen molar-refractivity contribution in [1.82, 2.24) is 0 Å². The number of amides is 2. The maximum Gasteiger partial charge on any atom is 0.265 e. The zero-order valence-corrected chi connectivity index (χ0v) is 14.5. The molecule has 0 fully saturated rings. The average Bonchev–Trinajstić information content (AvgIpc) is 2.65. The van der Waals surface area contributed by atoms with Crippen LogP contribution in [0.1, 0.15) is 17.3 Å². The Morgan fingerprint density at radius 1 is 1.35 bits per heavy atom. The fourth-order valence-electron chi connectivity index (χ4n) is 2.74. The van der Waals surface area contributed by atoms with Crippen molar-refractivity contribution in [3.05, 3.63) is 60.7 Å². The minimum atomic E-state index is -0.285. The number of ether oxygens (including phenoxy) is 2. The summed E-state index contributed by atoms with van der Waals surface area (Å²) >= 11 is 0. The summed E-state index contributed by atoms with van der Waals surface area (Å²) in [6.45, 7) is 6.39. The molecule has 0 bridgehead atoms. The van der Waals surface area contributed by atoms with Crippen LogP contribution in [0.5, 0.6) is 11.5 Å². The summed E-state index contributed by atoms with van der Waals surface area (Å²) in [5.74, 6) is 0.686. The Labute approximate surface area is 152 Å². The zero-order valence-electron chi connectivity index (χ0n) is 14.5. The van der Waals surface area contributed by atoms with Gasteiger partial charge in [-0.1, -0.05) is 18.2 Å². The molecule has 0 radical (unpaired) electrons. The minimum absolute atomic E-state index is 0.00568. The van der Waals surface area contributed by atoms with Gasteiger partial charge in [-0.2, -0.15) is 0 Å². The largest absolute Gasteiger partial charge is 0.493 e. The molecule has 26 heavy (non-hydrogen) atoms. The van der Waals surface area contributed by atoms with Crippen LogP contribution in [-0.2, 0) is 4.79 Å². The molecule has 134 valence electrons. The predicted molar refractivity (Wildman–Crippen MR) is 100 cm³/mol. The maximum atomic E-state index is 12.6. The number of rotatable bonds is 6. The van der Waals surface area contributed by atoms with Crippen LogP contribution in [0.4, 0.5) is 11.4 Å². The molecule has 0 atom stereocenters. The second-order valence-electron chi connectivity index (χ2n) is 5.65.